The highest BCUT2D eigenvalue weighted by Crippen LogP contribution is 2.40. The molecule has 2 unspecified atom stereocenters. The van der Waals surface area contributed by atoms with Gasteiger partial charge in [0.05, 0.1) is 5.41 Å². The minimum atomic E-state index is -0.707. The number of rotatable bonds is 21. The van der Waals surface area contributed by atoms with E-state index in [0.717, 1.165) is 77.0 Å². The highest BCUT2D eigenvalue weighted by molar-refractivity contribution is 5.74. The number of carboxylic acid groups (broad SMARTS) is 2. The Kier molecular flexibility index (Phi) is 16.9. The SMILES string of the molecule is CC(C)CCCCC(CCCCCCCCC(=O)O)C(C)(CCCCC(C)C)C(=O)O. The Hall–Kier alpha value is -1.06. The maximum atomic E-state index is 12.3. The summed E-state index contributed by atoms with van der Waals surface area (Å²) in [5.41, 5.74) is -0.615. The summed E-state index contributed by atoms with van der Waals surface area (Å²) in [6.07, 6.45) is 16.1. The van der Waals surface area contributed by atoms with Gasteiger partial charge in [-0.25, -0.2) is 0 Å². The Morgan fingerprint density at radius 1 is 0.645 bits per heavy atom. The first-order chi connectivity index (χ1) is 14.6. The molecule has 0 aliphatic rings. The van der Waals surface area contributed by atoms with Gasteiger partial charge >= 0.3 is 11.9 Å². The van der Waals surface area contributed by atoms with Gasteiger partial charge in [-0.3, -0.25) is 9.59 Å². The minimum Gasteiger partial charge on any atom is -0.481 e. The Balaban J connectivity index is 4.66. The van der Waals surface area contributed by atoms with Crippen LogP contribution in [0, 0.1) is 23.2 Å². The van der Waals surface area contributed by atoms with Crippen molar-refractivity contribution in [1.82, 2.24) is 0 Å². The van der Waals surface area contributed by atoms with Crippen LogP contribution in [0.25, 0.3) is 0 Å². The number of hydrogen-bond acceptors (Lipinski definition) is 2. The van der Waals surface area contributed by atoms with E-state index in [-0.39, 0.29) is 12.3 Å². The zero-order valence-corrected chi connectivity index (χ0v) is 21.3. The second kappa shape index (κ2) is 17.5. The van der Waals surface area contributed by atoms with E-state index in [4.69, 9.17) is 5.11 Å². The fraction of sp³-hybridized carbons (Fsp3) is 0.926. The standard InChI is InChI=1S/C27H52O4/c1-22(2)16-12-13-19-24(18-10-8-6-7-9-11-20-25(28)29)27(5,26(30)31)21-15-14-17-23(3)4/h22-24H,6-21H2,1-5H3,(H,28,29)(H,30,31). The van der Waals surface area contributed by atoms with Gasteiger partial charge in [0, 0.05) is 6.42 Å². The van der Waals surface area contributed by atoms with Crippen molar-refractivity contribution in [2.75, 3.05) is 0 Å². The van der Waals surface area contributed by atoms with E-state index in [2.05, 4.69) is 27.7 Å². The highest BCUT2D eigenvalue weighted by atomic mass is 16.4. The van der Waals surface area contributed by atoms with E-state index in [1.54, 1.807) is 0 Å². The molecule has 0 aromatic heterocycles. The van der Waals surface area contributed by atoms with Crippen molar-refractivity contribution in [1.29, 1.82) is 0 Å². The van der Waals surface area contributed by atoms with Crippen LogP contribution >= 0.6 is 0 Å². The van der Waals surface area contributed by atoms with Crippen molar-refractivity contribution < 1.29 is 19.8 Å². The Morgan fingerprint density at radius 2 is 1.06 bits per heavy atom. The third-order valence-electron chi connectivity index (χ3n) is 6.89. The molecule has 0 fully saturated rings. The molecule has 184 valence electrons. The Labute approximate surface area is 192 Å². The molecule has 0 bridgehead atoms. The lowest BCUT2D eigenvalue weighted by molar-refractivity contribution is -0.152. The third kappa shape index (κ3) is 15.4. The first-order valence-corrected chi connectivity index (χ1v) is 13.0. The van der Waals surface area contributed by atoms with E-state index < -0.39 is 17.4 Å². The van der Waals surface area contributed by atoms with Crippen molar-refractivity contribution in [2.24, 2.45) is 23.2 Å². The van der Waals surface area contributed by atoms with Crippen molar-refractivity contribution >= 4 is 11.9 Å². The fourth-order valence-corrected chi connectivity index (χ4v) is 4.63. The van der Waals surface area contributed by atoms with Gasteiger partial charge in [-0.1, -0.05) is 98.3 Å². The van der Waals surface area contributed by atoms with Crippen LogP contribution in [0.4, 0.5) is 0 Å². The lowest BCUT2D eigenvalue weighted by atomic mass is 9.69. The summed E-state index contributed by atoms with van der Waals surface area (Å²) >= 11 is 0. The van der Waals surface area contributed by atoms with Crippen LogP contribution < -0.4 is 0 Å². The van der Waals surface area contributed by atoms with Crippen molar-refractivity contribution in [3.63, 3.8) is 0 Å². The average Bonchev–Trinajstić information content (AvgIpc) is 2.67. The molecule has 2 N–H and O–H groups in total. The molecule has 0 rings (SSSR count). The van der Waals surface area contributed by atoms with Crippen LogP contribution in [0.3, 0.4) is 0 Å². The van der Waals surface area contributed by atoms with Crippen LogP contribution in [0.5, 0.6) is 0 Å². The summed E-state index contributed by atoms with van der Waals surface area (Å²) in [7, 11) is 0. The molecule has 0 spiro atoms. The molecule has 4 nitrogen and oxygen atoms in total. The summed E-state index contributed by atoms with van der Waals surface area (Å²) < 4.78 is 0. The largest absolute Gasteiger partial charge is 0.481 e. The van der Waals surface area contributed by atoms with E-state index >= 15 is 0 Å². The molecule has 0 aromatic rings. The lowest BCUT2D eigenvalue weighted by Gasteiger charge is -2.35. The van der Waals surface area contributed by atoms with Crippen molar-refractivity contribution in [2.45, 2.75) is 137 Å². The van der Waals surface area contributed by atoms with E-state index in [0.29, 0.717) is 11.8 Å². The lowest BCUT2D eigenvalue weighted by Crippen LogP contribution is -2.36. The molecule has 0 saturated heterocycles. The van der Waals surface area contributed by atoms with Crippen molar-refractivity contribution in [3.8, 4) is 0 Å². The molecule has 0 heterocycles. The molecule has 0 radical (unpaired) electrons. The number of hydrogen-bond donors (Lipinski definition) is 2. The van der Waals surface area contributed by atoms with Crippen molar-refractivity contribution in [3.05, 3.63) is 0 Å². The first-order valence-electron chi connectivity index (χ1n) is 13.0. The predicted octanol–water partition coefficient (Wildman–Crippen LogP) is 8.33. The average molecular weight is 441 g/mol. The van der Waals surface area contributed by atoms with E-state index in [9.17, 15) is 14.7 Å². The molecule has 4 heteroatoms. The van der Waals surface area contributed by atoms with Crippen LogP contribution in [-0.2, 0) is 9.59 Å². The van der Waals surface area contributed by atoms with Gasteiger partial charge in [-0.05, 0) is 50.4 Å². The van der Waals surface area contributed by atoms with Gasteiger partial charge < -0.3 is 10.2 Å². The molecule has 0 aromatic carbocycles. The number of carbonyl (C=O) groups is 2. The fourth-order valence-electron chi connectivity index (χ4n) is 4.63. The summed E-state index contributed by atoms with van der Waals surface area (Å²) in [4.78, 5) is 22.9. The summed E-state index contributed by atoms with van der Waals surface area (Å²) in [5, 5.41) is 18.9. The quantitative estimate of drug-likeness (QED) is 0.176. The molecule has 0 aliphatic heterocycles. The molecule has 2 atom stereocenters. The third-order valence-corrected chi connectivity index (χ3v) is 6.89. The second-order valence-electron chi connectivity index (χ2n) is 10.8. The zero-order valence-electron chi connectivity index (χ0n) is 21.3. The summed E-state index contributed by atoms with van der Waals surface area (Å²) in [6.45, 7) is 11.0. The molecule has 31 heavy (non-hydrogen) atoms. The molecule has 0 aliphatic carbocycles. The number of aliphatic carboxylic acids is 2. The van der Waals surface area contributed by atoms with E-state index in [1.807, 2.05) is 6.92 Å². The van der Waals surface area contributed by atoms with Gasteiger partial charge in [0.15, 0.2) is 0 Å². The van der Waals surface area contributed by atoms with Gasteiger partial charge in [0.25, 0.3) is 0 Å². The molecule has 0 amide bonds. The second-order valence-corrected chi connectivity index (χ2v) is 10.8. The topological polar surface area (TPSA) is 74.6 Å². The van der Waals surface area contributed by atoms with Crippen LogP contribution in [0.1, 0.15) is 137 Å². The minimum absolute atomic E-state index is 0.253. The molecular formula is C27H52O4. The van der Waals surface area contributed by atoms with Gasteiger partial charge in [0.1, 0.15) is 0 Å². The molecular weight excluding hydrogens is 388 g/mol. The highest BCUT2D eigenvalue weighted by Gasteiger charge is 2.40. The summed E-state index contributed by atoms with van der Waals surface area (Å²) in [5.74, 6) is 0.323. The van der Waals surface area contributed by atoms with Crippen LogP contribution in [0.15, 0.2) is 0 Å². The van der Waals surface area contributed by atoms with Crippen LogP contribution in [0.2, 0.25) is 0 Å². The maximum Gasteiger partial charge on any atom is 0.309 e. The van der Waals surface area contributed by atoms with Gasteiger partial charge in [-0.15, -0.1) is 0 Å². The Morgan fingerprint density at radius 3 is 1.55 bits per heavy atom. The Bertz CT molecular complexity index is 472. The van der Waals surface area contributed by atoms with Gasteiger partial charge in [-0.2, -0.15) is 0 Å². The first kappa shape index (κ1) is 29.9. The normalized spacial score (nSPS) is 14.7. The summed E-state index contributed by atoms with van der Waals surface area (Å²) in [6, 6.07) is 0. The van der Waals surface area contributed by atoms with E-state index in [1.165, 1.54) is 19.3 Å². The molecule has 0 saturated carbocycles. The number of unbranched alkanes of at least 4 members (excludes halogenated alkanes) is 7. The van der Waals surface area contributed by atoms with Crippen LogP contribution in [-0.4, -0.2) is 22.2 Å². The predicted molar refractivity (Wildman–Crippen MR) is 130 cm³/mol. The monoisotopic (exact) mass is 440 g/mol. The maximum absolute atomic E-state index is 12.3. The van der Waals surface area contributed by atoms with Gasteiger partial charge in [0.2, 0.25) is 0 Å². The number of carboxylic acids is 2. The zero-order chi connectivity index (χ0) is 23.7. The smallest absolute Gasteiger partial charge is 0.309 e.